The van der Waals surface area contributed by atoms with Crippen LogP contribution in [0.15, 0.2) is 59.9 Å². The lowest BCUT2D eigenvalue weighted by Gasteiger charge is -2.21. The van der Waals surface area contributed by atoms with Crippen molar-refractivity contribution < 1.29 is 9.53 Å². The highest BCUT2D eigenvalue weighted by atomic mass is 16.5. The van der Waals surface area contributed by atoms with Crippen LogP contribution in [0.4, 0.5) is 17.3 Å². The van der Waals surface area contributed by atoms with E-state index >= 15 is 0 Å². The van der Waals surface area contributed by atoms with Gasteiger partial charge in [-0.05, 0) is 30.7 Å². The Kier molecular flexibility index (Phi) is 5.17. The van der Waals surface area contributed by atoms with Gasteiger partial charge in [0.05, 0.1) is 17.6 Å². The smallest absolute Gasteiger partial charge is 0.256 e. The van der Waals surface area contributed by atoms with Gasteiger partial charge in [-0.25, -0.2) is 4.99 Å². The number of hydrogen-bond donors (Lipinski definition) is 3. The van der Waals surface area contributed by atoms with Gasteiger partial charge in [0.2, 0.25) is 0 Å². The summed E-state index contributed by atoms with van der Waals surface area (Å²) in [5, 5.41) is 10.1. The molecule has 0 radical (unpaired) electrons. The van der Waals surface area contributed by atoms with E-state index in [1.54, 1.807) is 18.5 Å². The second-order valence-electron chi connectivity index (χ2n) is 6.35. The summed E-state index contributed by atoms with van der Waals surface area (Å²) in [5.74, 6) is -0.0803. The monoisotopic (exact) mass is 388 g/mol. The van der Waals surface area contributed by atoms with E-state index in [4.69, 9.17) is 10.5 Å². The Morgan fingerprint density at radius 2 is 2.17 bits per heavy atom. The van der Waals surface area contributed by atoms with Gasteiger partial charge in [0.1, 0.15) is 17.5 Å². The van der Waals surface area contributed by atoms with Crippen LogP contribution in [0.2, 0.25) is 0 Å². The van der Waals surface area contributed by atoms with E-state index in [-0.39, 0.29) is 17.5 Å². The lowest BCUT2D eigenvalue weighted by molar-refractivity contribution is 0.100. The van der Waals surface area contributed by atoms with Crippen LogP contribution in [0.3, 0.4) is 0 Å². The van der Waals surface area contributed by atoms with Crippen molar-refractivity contribution in [2.45, 2.75) is 13.0 Å². The number of nitrogens with zero attached hydrogens (tertiary/aromatic N) is 3. The number of nitrogens with two attached hydrogens (primary N) is 1. The fraction of sp³-hybridized carbons (Fsp3) is 0.143. The summed E-state index contributed by atoms with van der Waals surface area (Å²) in [6.45, 7) is 2.44. The first-order valence-corrected chi connectivity index (χ1v) is 9.20. The number of pyridine rings is 1. The summed E-state index contributed by atoms with van der Waals surface area (Å²) in [5.41, 5.74) is 9.12. The number of rotatable bonds is 6. The molecule has 0 fully saturated rings. The second kappa shape index (κ2) is 8.07. The second-order valence-corrected chi connectivity index (χ2v) is 6.35. The van der Waals surface area contributed by atoms with Crippen LogP contribution in [0.5, 0.6) is 0 Å². The fourth-order valence-electron chi connectivity index (χ4n) is 3.18. The molecule has 1 aliphatic rings. The molecule has 1 amide bonds. The molecule has 4 N–H and O–H groups in total. The molecule has 3 aromatic rings. The average molecular weight is 388 g/mol. The molecule has 146 valence electrons. The first-order valence-electron chi connectivity index (χ1n) is 9.20. The topological polar surface area (TPSA) is 118 Å². The number of ether oxygens (including phenoxy) is 1. The highest BCUT2D eigenvalue weighted by molar-refractivity contribution is 6.12. The van der Waals surface area contributed by atoms with Crippen molar-refractivity contribution in [3.05, 3.63) is 71.6 Å². The third-order valence-electron chi connectivity index (χ3n) is 4.45. The maximum absolute atomic E-state index is 12.2. The zero-order valence-electron chi connectivity index (χ0n) is 15.8. The minimum Gasteiger partial charge on any atom is -0.368 e. The van der Waals surface area contributed by atoms with E-state index in [1.807, 2.05) is 49.4 Å². The molecule has 0 bridgehead atoms. The highest BCUT2D eigenvalue weighted by Gasteiger charge is 2.25. The van der Waals surface area contributed by atoms with E-state index in [0.29, 0.717) is 23.8 Å². The molecule has 2 aromatic heterocycles. The summed E-state index contributed by atoms with van der Waals surface area (Å²) in [6, 6.07) is 11.5. The first kappa shape index (κ1) is 18.6. The van der Waals surface area contributed by atoms with E-state index in [9.17, 15) is 4.79 Å². The molecule has 0 saturated heterocycles. The zero-order valence-corrected chi connectivity index (χ0v) is 15.8. The number of carbonyl (C=O) groups excluding carboxylic acids is 1. The third-order valence-corrected chi connectivity index (χ3v) is 4.45. The van der Waals surface area contributed by atoms with Crippen molar-refractivity contribution in [1.82, 2.24) is 15.2 Å². The minimum atomic E-state index is -0.642. The van der Waals surface area contributed by atoms with Crippen molar-refractivity contribution in [2.24, 2.45) is 10.7 Å². The Hall–Kier alpha value is -3.78. The van der Waals surface area contributed by atoms with Gasteiger partial charge < -0.3 is 15.8 Å². The number of aromatic amines is 1. The number of nitrogens with one attached hydrogen (secondary N) is 2. The third kappa shape index (κ3) is 3.78. The number of primary amides is 1. The molecule has 0 aliphatic heterocycles. The Morgan fingerprint density at radius 1 is 1.31 bits per heavy atom. The maximum atomic E-state index is 12.2. The van der Waals surface area contributed by atoms with Gasteiger partial charge >= 0.3 is 0 Å². The highest BCUT2D eigenvalue weighted by Crippen LogP contribution is 2.29. The number of amides is 1. The molecular weight excluding hydrogens is 368 g/mol. The van der Waals surface area contributed by atoms with E-state index in [2.05, 4.69) is 25.5 Å². The number of fused-ring (bicyclic) bond motifs is 1. The van der Waals surface area contributed by atoms with Gasteiger partial charge in [-0.3, -0.25) is 14.9 Å². The van der Waals surface area contributed by atoms with Crippen LogP contribution in [0, 0.1) is 0 Å². The summed E-state index contributed by atoms with van der Waals surface area (Å²) in [6.07, 6.45) is 6.89. The van der Waals surface area contributed by atoms with E-state index < -0.39 is 5.91 Å². The number of benzene rings is 1. The molecular formula is C21H20N6O2. The SMILES string of the molecule is CCOC1C=Cc2ccccc2C1=Nc1n[nH]c(Nc2cccnc2)c1C(N)=O. The van der Waals surface area contributed by atoms with Gasteiger partial charge in [0.25, 0.3) is 5.91 Å². The molecule has 4 rings (SSSR count). The Bertz CT molecular complexity index is 1090. The number of hydrogen-bond acceptors (Lipinski definition) is 6. The normalized spacial score (nSPS) is 16.6. The number of anilines is 2. The predicted molar refractivity (Wildman–Crippen MR) is 112 cm³/mol. The number of carbonyl (C=O) groups is 1. The zero-order chi connectivity index (χ0) is 20.2. The lowest BCUT2D eigenvalue weighted by atomic mass is 9.93. The number of H-pyrrole nitrogens is 1. The lowest BCUT2D eigenvalue weighted by Crippen LogP contribution is -2.26. The van der Waals surface area contributed by atoms with Crippen LogP contribution in [0.25, 0.3) is 6.08 Å². The van der Waals surface area contributed by atoms with Gasteiger partial charge in [0, 0.05) is 18.4 Å². The molecule has 29 heavy (non-hydrogen) atoms. The number of aromatic nitrogens is 3. The molecule has 1 aromatic carbocycles. The summed E-state index contributed by atoms with van der Waals surface area (Å²) in [4.78, 5) is 20.9. The average Bonchev–Trinajstić information content (AvgIpc) is 3.13. The minimum absolute atomic E-state index is 0.170. The number of aliphatic imine (C=N–C) groups is 1. The van der Waals surface area contributed by atoms with Gasteiger partial charge in [-0.15, -0.1) is 0 Å². The molecule has 1 unspecified atom stereocenters. The summed E-state index contributed by atoms with van der Waals surface area (Å²) >= 11 is 0. The molecule has 8 nitrogen and oxygen atoms in total. The van der Waals surface area contributed by atoms with Crippen molar-refractivity contribution in [2.75, 3.05) is 11.9 Å². The van der Waals surface area contributed by atoms with Crippen molar-refractivity contribution in [3.63, 3.8) is 0 Å². The van der Waals surface area contributed by atoms with Gasteiger partial charge in [-0.1, -0.05) is 30.3 Å². The molecule has 2 heterocycles. The molecule has 0 saturated carbocycles. The van der Waals surface area contributed by atoms with Crippen LogP contribution >= 0.6 is 0 Å². The fourth-order valence-corrected chi connectivity index (χ4v) is 3.18. The Labute approximate surface area is 167 Å². The van der Waals surface area contributed by atoms with Gasteiger partial charge in [-0.2, -0.15) is 5.10 Å². The summed E-state index contributed by atoms with van der Waals surface area (Å²) < 4.78 is 5.83. The van der Waals surface area contributed by atoms with Crippen molar-refractivity contribution in [3.8, 4) is 0 Å². The van der Waals surface area contributed by atoms with Crippen molar-refractivity contribution >= 4 is 35.0 Å². The summed E-state index contributed by atoms with van der Waals surface area (Å²) in [7, 11) is 0. The molecule has 1 aliphatic carbocycles. The largest absolute Gasteiger partial charge is 0.368 e. The van der Waals surface area contributed by atoms with E-state index in [1.165, 1.54) is 0 Å². The molecule has 0 spiro atoms. The molecule has 8 heteroatoms. The van der Waals surface area contributed by atoms with Crippen LogP contribution in [-0.2, 0) is 4.74 Å². The van der Waals surface area contributed by atoms with Crippen LogP contribution in [-0.4, -0.2) is 39.5 Å². The Morgan fingerprint density at radius 3 is 2.93 bits per heavy atom. The van der Waals surface area contributed by atoms with Crippen LogP contribution < -0.4 is 11.1 Å². The van der Waals surface area contributed by atoms with Crippen molar-refractivity contribution in [1.29, 1.82) is 0 Å². The standard InChI is InChI=1S/C21H20N6O2/c1-2-29-16-10-9-13-6-3-4-8-15(13)18(16)25-21-17(19(22)28)20(26-27-21)24-14-7-5-11-23-12-14/h3-12,16H,2H2,1H3,(H2,22,28)(H2,24,26,27). The first-order chi connectivity index (χ1) is 14.2. The van der Waals surface area contributed by atoms with E-state index in [0.717, 1.165) is 11.1 Å². The Balaban J connectivity index is 1.78. The van der Waals surface area contributed by atoms with Gasteiger partial charge in [0.15, 0.2) is 5.82 Å². The molecule has 1 atom stereocenters. The van der Waals surface area contributed by atoms with Crippen LogP contribution in [0.1, 0.15) is 28.4 Å². The quantitative estimate of drug-likeness (QED) is 0.599. The predicted octanol–water partition coefficient (Wildman–Crippen LogP) is 3.20. The maximum Gasteiger partial charge on any atom is 0.256 e.